The summed E-state index contributed by atoms with van der Waals surface area (Å²) in [5, 5.41) is 23.5. The topological polar surface area (TPSA) is 107 Å². The lowest BCUT2D eigenvalue weighted by Gasteiger charge is -2.35. The number of amides is 2. The Hall–Kier alpha value is -2.51. The van der Waals surface area contributed by atoms with Crippen LogP contribution in [0.3, 0.4) is 0 Å². The highest BCUT2D eigenvalue weighted by Crippen LogP contribution is 2.46. The Morgan fingerprint density at radius 3 is 2.43 bits per heavy atom. The van der Waals surface area contributed by atoms with Crippen LogP contribution in [-0.2, 0) is 14.4 Å². The summed E-state index contributed by atoms with van der Waals surface area (Å²) in [6, 6.07) is 8.63. The molecule has 30 heavy (non-hydrogen) atoms. The Labute approximate surface area is 175 Å². The van der Waals surface area contributed by atoms with E-state index in [0.717, 1.165) is 37.7 Å². The SMILES string of the molecule is CC(O)C1(C(=O)O)NC(/C=C/c2ccccc2)C2C(=O)N(C3CCCCC3)C(=O)C21. The van der Waals surface area contributed by atoms with Gasteiger partial charge in [-0.2, -0.15) is 0 Å². The van der Waals surface area contributed by atoms with Crippen molar-refractivity contribution >= 4 is 23.9 Å². The number of carboxylic acid groups (broad SMARTS) is 1. The summed E-state index contributed by atoms with van der Waals surface area (Å²) in [6.45, 7) is 1.36. The highest BCUT2D eigenvalue weighted by Gasteiger charge is 2.70. The van der Waals surface area contributed by atoms with Gasteiger partial charge in [0, 0.05) is 12.1 Å². The molecule has 4 rings (SSSR count). The molecule has 0 radical (unpaired) electrons. The van der Waals surface area contributed by atoms with Crippen molar-refractivity contribution in [3.05, 3.63) is 42.0 Å². The normalized spacial score (nSPS) is 33.3. The molecule has 3 aliphatic rings. The number of aliphatic hydroxyl groups excluding tert-OH is 1. The minimum atomic E-state index is -1.90. The van der Waals surface area contributed by atoms with E-state index >= 15 is 0 Å². The number of aliphatic hydroxyl groups is 1. The minimum absolute atomic E-state index is 0.177. The second-order valence-corrected chi connectivity index (χ2v) is 8.63. The van der Waals surface area contributed by atoms with Crippen LogP contribution in [0.5, 0.6) is 0 Å². The molecule has 1 aromatic carbocycles. The van der Waals surface area contributed by atoms with E-state index in [9.17, 15) is 24.6 Å². The highest BCUT2D eigenvalue weighted by molar-refractivity contribution is 6.10. The number of carboxylic acids is 1. The maximum Gasteiger partial charge on any atom is 0.327 e. The van der Waals surface area contributed by atoms with Crippen molar-refractivity contribution in [3.63, 3.8) is 0 Å². The van der Waals surface area contributed by atoms with Crippen LogP contribution in [0, 0.1) is 11.8 Å². The number of nitrogens with zero attached hydrogens (tertiary/aromatic N) is 1. The molecule has 5 unspecified atom stereocenters. The van der Waals surface area contributed by atoms with Gasteiger partial charge in [-0.05, 0) is 25.3 Å². The molecule has 3 N–H and O–H groups in total. The molecule has 0 bridgehead atoms. The van der Waals surface area contributed by atoms with Crippen LogP contribution in [0.1, 0.15) is 44.6 Å². The van der Waals surface area contributed by atoms with Gasteiger partial charge in [0.25, 0.3) is 0 Å². The van der Waals surface area contributed by atoms with Crippen molar-refractivity contribution < 1.29 is 24.6 Å². The third kappa shape index (κ3) is 3.17. The number of imide groups is 1. The highest BCUT2D eigenvalue weighted by atomic mass is 16.4. The van der Waals surface area contributed by atoms with Gasteiger partial charge in [-0.25, -0.2) is 0 Å². The van der Waals surface area contributed by atoms with Crippen LogP contribution < -0.4 is 5.32 Å². The van der Waals surface area contributed by atoms with E-state index in [1.165, 1.54) is 11.8 Å². The van der Waals surface area contributed by atoms with Crippen molar-refractivity contribution in [1.29, 1.82) is 0 Å². The van der Waals surface area contributed by atoms with Crippen molar-refractivity contribution in [1.82, 2.24) is 10.2 Å². The maximum atomic E-state index is 13.4. The summed E-state index contributed by atoms with van der Waals surface area (Å²) in [6.07, 6.45) is 6.70. The first-order valence-corrected chi connectivity index (χ1v) is 10.7. The van der Waals surface area contributed by atoms with Gasteiger partial charge in [-0.3, -0.25) is 24.6 Å². The third-order valence-corrected chi connectivity index (χ3v) is 6.92. The Kier molecular flexibility index (Phi) is 5.51. The first kappa shape index (κ1) is 20.8. The van der Waals surface area contributed by atoms with E-state index in [2.05, 4.69) is 5.32 Å². The zero-order chi connectivity index (χ0) is 21.5. The van der Waals surface area contributed by atoms with Gasteiger partial charge in [0.15, 0.2) is 5.54 Å². The summed E-state index contributed by atoms with van der Waals surface area (Å²) < 4.78 is 0. The Bertz CT molecular complexity index is 862. The molecule has 1 saturated carbocycles. The van der Waals surface area contributed by atoms with Gasteiger partial charge >= 0.3 is 5.97 Å². The monoisotopic (exact) mass is 412 g/mol. The molecular weight excluding hydrogens is 384 g/mol. The number of aliphatic carboxylic acids is 1. The summed E-state index contributed by atoms with van der Waals surface area (Å²) in [4.78, 5) is 40.5. The third-order valence-electron chi connectivity index (χ3n) is 6.92. The zero-order valence-corrected chi connectivity index (χ0v) is 17.0. The van der Waals surface area contributed by atoms with Gasteiger partial charge in [0.05, 0.1) is 17.9 Å². The summed E-state index contributed by atoms with van der Waals surface area (Å²) in [5.41, 5.74) is -0.992. The van der Waals surface area contributed by atoms with Gasteiger partial charge in [-0.15, -0.1) is 0 Å². The largest absolute Gasteiger partial charge is 0.480 e. The molecule has 7 heteroatoms. The molecule has 160 valence electrons. The standard InChI is InChI=1S/C23H28N2O5/c1-14(26)23(22(29)30)19-18(17(24-23)13-12-15-8-4-2-5-9-15)20(27)25(21(19)28)16-10-6-3-7-11-16/h2,4-5,8-9,12-14,16-19,24,26H,3,6-7,10-11H2,1H3,(H,29,30)/b13-12+. The van der Waals surface area contributed by atoms with Crippen LogP contribution in [0.15, 0.2) is 36.4 Å². The van der Waals surface area contributed by atoms with E-state index in [4.69, 9.17) is 0 Å². The molecule has 2 heterocycles. The fourth-order valence-corrected chi connectivity index (χ4v) is 5.41. The molecule has 1 aliphatic carbocycles. The number of carbonyl (C=O) groups excluding carboxylic acids is 2. The summed E-state index contributed by atoms with van der Waals surface area (Å²) in [5.74, 6) is -4.08. The van der Waals surface area contributed by atoms with E-state index in [-0.39, 0.29) is 11.9 Å². The summed E-state index contributed by atoms with van der Waals surface area (Å²) >= 11 is 0. The number of hydrogen-bond acceptors (Lipinski definition) is 5. The second-order valence-electron chi connectivity index (χ2n) is 8.63. The fourth-order valence-electron chi connectivity index (χ4n) is 5.41. The molecule has 2 aliphatic heterocycles. The molecule has 5 atom stereocenters. The molecule has 0 aromatic heterocycles. The van der Waals surface area contributed by atoms with E-state index < -0.39 is 41.4 Å². The van der Waals surface area contributed by atoms with Gasteiger partial charge < -0.3 is 10.2 Å². The van der Waals surface area contributed by atoms with Crippen molar-refractivity contribution in [3.8, 4) is 0 Å². The minimum Gasteiger partial charge on any atom is -0.480 e. The number of rotatable bonds is 5. The van der Waals surface area contributed by atoms with Crippen LogP contribution >= 0.6 is 0 Å². The number of carbonyl (C=O) groups is 3. The second kappa shape index (κ2) is 7.96. The average molecular weight is 412 g/mol. The lowest BCUT2D eigenvalue weighted by molar-refractivity contribution is -0.157. The van der Waals surface area contributed by atoms with E-state index in [0.29, 0.717) is 0 Å². The zero-order valence-electron chi connectivity index (χ0n) is 17.0. The molecule has 2 amide bonds. The van der Waals surface area contributed by atoms with Crippen LogP contribution in [0.2, 0.25) is 0 Å². The molecule has 3 fully saturated rings. The maximum absolute atomic E-state index is 13.4. The number of fused-ring (bicyclic) bond motifs is 1. The smallest absolute Gasteiger partial charge is 0.327 e. The van der Waals surface area contributed by atoms with Crippen molar-refractivity contribution in [2.24, 2.45) is 11.8 Å². The Morgan fingerprint density at radius 1 is 1.17 bits per heavy atom. The van der Waals surface area contributed by atoms with Gasteiger partial charge in [-0.1, -0.05) is 61.7 Å². The number of hydrogen-bond donors (Lipinski definition) is 3. The first-order chi connectivity index (χ1) is 14.4. The quantitative estimate of drug-likeness (QED) is 0.637. The molecular formula is C23H28N2O5. The lowest BCUT2D eigenvalue weighted by atomic mass is 9.77. The van der Waals surface area contributed by atoms with Crippen molar-refractivity contribution in [2.75, 3.05) is 0 Å². The number of benzene rings is 1. The van der Waals surface area contributed by atoms with Gasteiger partial charge in [0.2, 0.25) is 11.8 Å². The number of likely N-dealkylation sites (tertiary alicyclic amines) is 1. The van der Waals surface area contributed by atoms with Crippen LogP contribution in [0.4, 0.5) is 0 Å². The van der Waals surface area contributed by atoms with Crippen molar-refractivity contribution in [2.45, 2.75) is 62.8 Å². The lowest BCUT2D eigenvalue weighted by Crippen LogP contribution is -2.63. The molecule has 2 saturated heterocycles. The first-order valence-electron chi connectivity index (χ1n) is 10.7. The van der Waals surface area contributed by atoms with E-state index in [1.54, 1.807) is 6.08 Å². The molecule has 7 nitrogen and oxygen atoms in total. The van der Waals surface area contributed by atoms with Gasteiger partial charge in [0.1, 0.15) is 0 Å². The molecule has 1 aromatic rings. The summed E-state index contributed by atoms with van der Waals surface area (Å²) in [7, 11) is 0. The van der Waals surface area contributed by atoms with E-state index in [1.807, 2.05) is 36.4 Å². The Morgan fingerprint density at radius 2 is 1.83 bits per heavy atom. The fraction of sp³-hybridized carbons (Fsp3) is 0.522. The predicted molar refractivity (Wildman–Crippen MR) is 110 cm³/mol. The van der Waals surface area contributed by atoms with Crippen LogP contribution in [0.25, 0.3) is 6.08 Å². The number of nitrogens with one attached hydrogen (secondary N) is 1. The average Bonchev–Trinajstić information content (AvgIpc) is 3.22. The van der Waals surface area contributed by atoms with Crippen LogP contribution in [-0.4, -0.2) is 56.6 Å². The predicted octanol–water partition coefficient (Wildman–Crippen LogP) is 1.81. The Balaban J connectivity index is 1.73. The molecule has 0 spiro atoms.